The Morgan fingerprint density at radius 1 is 1.17 bits per heavy atom. The molecule has 1 aromatic heterocycles. The first kappa shape index (κ1) is 19.6. The van der Waals surface area contributed by atoms with E-state index in [0.717, 1.165) is 11.1 Å². The van der Waals surface area contributed by atoms with E-state index >= 15 is 0 Å². The molecule has 4 nitrogen and oxygen atoms in total. The summed E-state index contributed by atoms with van der Waals surface area (Å²) < 4.78 is 39.9. The van der Waals surface area contributed by atoms with Crippen molar-refractivity contribution in [1.29, 1.82) is 0 Å². The number of alkyl halides is 3. The fourth-order valence-corrected chi connectivity index (χ4v) is 2.28. The number of guanidine groups is 1. The fraction of sp³-hybridized carbons (Fsp3) is 0.214. The average molecular weight is 457 g/mol. The first-order chi connectivity index (χ1) is 10.4. The summed E-state index contributed by atoms with van der Waals surface area (Å²) >= 11 is 1.58. The zero-order valence-corrected chi connectivity index (χ0v) is 15.0. The Bertz CT molecular complexity index is 615. The van der Waals surface area contributed by atoms with Gasteiger partial charge in [-0.3, -0.25) is 0 Å². The molecule has 23 heavy (non-hydrogen) atoms. The van der Waals surface area contributed by atoms with Crippen LogP contribution in [0.3, 0.4) is 0 Å². The van der Waals surface area contributed by atoms with Crippen LogP contribution in [0.1, 0.15) is 11.1 Å². The van der Waals surface area contributed by atoms with Crippen LogP contribution in [0.5, 0.6) is 5.75 Å². The number of nitrogens with two attached hydrogens (primary N) is 1. The lowest BCUT2D eigenvalue weighted by Crippen LogP contribution is -2.31. The highest BCUT2D eigenvalue weighted by Crippen LogP contribution is 2.22. The van der Waals surface area contributed by atoms with Crippen LogP contribution in [-0.2, 0) is 13.1 Å². The van der Waals surface area contributed by atoms with Crippen LogP contribution in [0.2, 0.25) is 0 Å². The molecule has 0 amide bonds. The highest BCUT2D eigenvalue weighted by atomic mass is 127. The number of rotatable bonds is 5. The molecule has 1 aromatic carbocycles. The molecule has 0 aliphatic heterocycles. The van der Waals surface area contributed by atoms with E-state index in [4.69, 9.17) is 5.73 Å². The van der Waals surface area contributed by atoms with Crippen molar-refractivity contribution >= 4 is 41.3 Å². The maximum atomic E-state index is 12.0. The second kappa shape index (κ2) is 8.96. The number of benzene rings is 1. The summed E-state index contributed by atoms with van der Waals surface area (Å²) in [5.41, 5.74) is 7.56. The Kier molecular flexibility index (Phi) is 7.62. The Morgan fingerprint density at radius 2 is 1.87 bits per heavy atom. The van der Waals surface area contributed by atoms with Gasteiger partial charge in [-0.25, -0.2) is 4.99 Å². The van der Waals surface area contributed by atoms with E-state index in [2.05, 4.69) is 15.0 Å². The highest BCUT2D eigenvalue weighted by Gasteiger charge is 2.30. The van der Waals surface area contributed by atoms with Gasteiger partial charge < -0.3 is 15.8 Å². The molecule has 2 aromatic rings. The Balaban J connectivity index is 0.00000264. The van der Waals surface area contributed by atoms with E-state index in [-0.39, 0.29) is 35.7 Å². The first-order valence-corrected chi connectivity index (χ1v) is 7.26. The molecule has 0 radical (unpaired) electrons. The van der Waals surface area contributed by atoms with Crippen molar-refractivity contribution in [2.45, 2.75) is 19.5 Å². The molecule has 2 rings (SSSR count). The van der Waals surface area contributed by atoms with Crippen LogP contribution >= 0.6 is 35.3 Å². The van der Waals surface area contributed by atoms with Crippen molar-refractivity contribution in [1.82, 2.24) is 5.32 Å². The Labute approximate surface area is 152 Å². The third-order valence-corrected chi connectivity index (χ3v) is 3.37. The monoisotopic (exact) mass is 457 g/mol. The first-order valence-electron chi connectivity index (χ1n) is 6.32. The zero-order chi connectivity index (χ0) is 16.0. The summed E-state index contributed by atoms with van der Waals surface area (Å²) in [6, 6.07) is 7.52. The summed E-state index contributed by atoms with van der Waals surface area (Å²) in [5, 5.41) is 6.84. The van der Waals surface area contributed by atoms with Crippen LogP contribution in [0, 0.1) is 0 Å². The van der Waals surface area contributed by atoms with Crippen molar-refractivity contribution in [3.63, 3.8) is 0 Å². The predicted molar refractivity (Wildman–Crippen MR) is 95.0 cm³/mol. The molecule has 0 fully saturated rings. The lowest BCUT2D eigenvalue weighted by Gasteiger charge is -2.10. The van der Waals surface area contributed by atoms with Gasteiger partial charge in [0, 0.05) is 6.54 Å². The number of nitrogens with one attached hydrogen (secondary N) is 1. The molecule has 0 atom stereocenters. The molecule has 0 aliphatic rings. The molecule has 3 N–H and O–H groups in total. The van der Waals surface area contributed by atoms with Crippen LogP contribution < -0.4 is 15.8 Å². The summed E-state index contributed by atoms with van der Waals surface area (Å²) in [6.45, 7) is 0.853. The van der Waals surface area contributed by atoms with E-state index in [0.29, 0.717) is 13.1 Å². The van der Waals surface area contributed by atoms with Crippen LogP contribution in [0.25, 0.3) is 0 Å². The topological polar surface area (TPSA) is 59.6 Å². The molecule has 9 heteroatoms. The zero-order valence-electron chi connectivity index (χ0n) is 11.8. The van der Waals surface area contributed by atoms with Gasteiger partial charge in [0.15, 0.2) is 5.96 Å². The Hall–Kier alpha value is -1.49. The summed E-state index contributed by atoms with van der Waals surface area (Å²) in [6.07, 6.45) is -4.68. The van der Waals surface area contributed by atoms with Gasteiger partial charge in [-0.15, -0.1) is 37.1 Å². The van der Waals surface area contributed by atoms with Gasteiger partial charge >= 0.3 is 6.36 Å². The summed E-state index contributed by atoms with van der Waals surface area (Å²) in [5.74, 6) is 0.0252. The van der Waals surface area contributed by atoms with Gasteiger partial charge in [0.2, 0.25) is 0 Å². The summed E-state index contributed by atoms with van der Waals surface area (Å²) in [7, 11) is 0. The average Bonchev–Trinajstić information content (AvgIpc) is 2.96. The Morgan fingerprint density at radius 3 is 2.43 bits per heavy atom. The molecule has 0 aliphatic carbocycles. The van der Waals surface area contributed by atoms with Crippen LogP contribution in [0.4, 0.5) is 13.2 Å². The number of ether oxygens (including phenoxy) is 1. The maximum absolute atomic E-state index is 12.0. The molecular formula is C14H15F3IN3OS. The van der Waals surface area contributed by atoms with Crippen molar-refractivity contribution in [2.24, 2.45) is 10.7 Å². The van der Waals surface area contributed by atoms with Crippen molar-refractivity contribution < 1.29 is 17.9 Å². The molecule has 0 spiro atoms. The molecule has 0 saturated heterocycles. The number of halogens is 4. The van der Waals surface area contributed by atoms with Crippen molar-refractivity contribution in [3.8, 4) is 5.75 Å². The molecule has 0 saturated carbocycles. The van der Waals surface area contributed by atoms with Gasteiger partial charge in [0.1, 0.15) is 5.75 Å². The summed E-state index contributed by atoms with van der Waals surface area (Å²) in [4.78, 5) is 4.16. The third kappa shape index (κ3) is 7.55. The van der Waals surface area contributed by atoms with E-state index in [9.17, 15) is 13.2 Å². The quantitative estimate of drug-likeness (QED) is 0.407. The van der Waals surface area contributed by atoms with Crippen molar-refractivity contribution in [3.05, 3.63) is 52.2 Å². The van der Waals surface area contributed by atoms with Crippen LogP contribution in [0.15, 0.2) is 46.1 Å². The maximum Gasteiger partial charge on any atom is 0.573 e. The van der Waals surface area contributed by atoms with E-state index in [1.807, 2.05) is 16.8 Å². The number of hydrogen-bond acceptors (Lipinski definition) is 3. The minimum atomic E-state index is -4.68. The van der Waals surface area contributed by atoms with Gasteiger partial charge in [-0.2, -0.15) is 11.3 Å². The molecule has 1 heterocycles. The number of hydrogen-bond donors (Lipinski definition) is 2. The van der Waals surface area contributed by atoms with Crippen molar-refractivity contribution in [2.75, 3.05) is 0 Å². The van der Waals surface area contributed by atoms with Gasteiger partial charge in [-0.05, 0) is 40.1 Å². The van der Waals surface area contributed by atoms with E-state index < -0.39 is 6.36 Å². The molecule has 126 valence electrons. The molecular weight excluding hydrogens is 442 g/mol. The normalized spacial score (nSPS) is 11.7. The minimum Gasteiger partial charge on any atom is -0.406 e. The smallest absolute Gasteiger partial charge is 0.406 e. The largest absolute Gasteiger partial charge is 0.573 e. The standard InChI is InChI=1S/C14H14F3N3OS.HI/c15-14(16,17)21-12-3-1-10(2-4-12)7-19-13(18)20-8-11-5-6-22-9-11;/h1-6,9H,7-8H2,(H3,18,19,20);1H. The van der Waals surface area contributed by atoms with Crippen LogP contribution in [-0.4, -0.2) is 12.3 Å². The van der Waals surface area contributed by atoms with Gasteiger partial charge in [0.05, 0.1) is 6.54 Å². The number of aliphatic imine (C=N–C) groups is 1. The van der Waals surface area contributed by atoms with Gasteiger partial charge in [0.25, 0.3) is 0 Å². The SMILES string of the molecule is I.NC(=NCc1ccsc1)NCc1ccc(OC(F)(F)F)cc1. The van der Waals surface area contributed by atoms with E-state index in [1.54, 1.807) is 11.3 Å². The third-order valence-electron chi connectivity index (χ3n) is 2.64. The molecule has 0 unspecified atom stereocenters. The second-order valence-electron chi connectivity index (χ2n) is 4.38. The van der Waals surface area contributed by atoms with E-state index in [1.165, 1.54) is 24.3 Å². The lowest BCUT2D eigenvalue weighted by atomic mass is 10.2. The van der Waals surface area contributed by atoms with Gasteiger partial charge in [-0.1, -0.05) is 12.1 Å². The molecule has 0 bridgehead atoms. The number of thiophene rings is 1. The lowest BCUT2D eigenvalue weighted by molar-refractivity contribution is -0.274. The number of nitrogens with zero attached hydrogens (tertiary/aromatic N) is 1. The second-order valence-corrected chi connectivity index (χ2v) is 5.16. The fourth-order valence-electron chi connectivity index (χ4n) is 1.62. The highest BCUT2D eigenvalue weighted by molar-refractivity contribution is 14.0. The minimum absolute atomic E-state index is 0. The predicted octanol–water partition coefficient (Wildman–Crippen LogP) is 3.87.